The van der Waals surface area contributed by atoms with Crippen molar-refractivity contribution < 1.29 is 14.4 Å². The van der Waals surface area contributed by atoms with Crippen molar-refractivity contribution in [2.75, 3.05) is 34.9 Å². The number of carbonyl (C=O) groups is 3. The van der Waals surface area contributed by atoms with Gasteiger partial charge >= 0.3 is 0 Å². The number of benzene rings is 2. The summed E-state index contributed by atoms with van der Waals surface area (Å²) in [5, 5.41) is 7.96. The summed E-state index contributed by atoms with van der Waals surface area (Å²) in [5.74, 6) is -1.04. The number of nitrogens with zero attached hydrogens (tertiary/aromatic N) is 1. The van der Waals surface area contributed by atoms with Crippen molar-refractivity contribution >= 4 is 40.5 Å². The fraction of sp³-hybridized carbons (Fsp3) is 0.211. The van der Waals surface area contributed by atoms with Crippen molar-refractivity contribution in [1.29, 1.82) is 0 Å². The van der Waals surface area contributed by atoms with Crippen LogP contribution in [0.15, 0.2) is 48.5 Å². The maximum atomic E-state index is 12.0. The molecule has 2 aromatic rings. The summed E-state index contributed by atoms with van der Waals surface area (Å²) in [6.45, 7) is 1.40. The van der Waals surface area contributed by atoms with Crippen LogP contribution in [0.5, 0.6) is 0 Å². The second kappa shape index (κ2) is 8.66. The molecule has 0 unspecified atom stereocenters. The average Bonchev–Trinajstić information content (AvgIpc) is 2.54. The van der Waals surface area contributed by atoms with Crippen LogP contribution in [0.25, 0.3) is 0 Å². The Labute approximate surface area is 152 Å². The Kier molecular flexibility index (Phi) is 6.32. The number of hydrogen-bond donors (Lipinski definition) is 3. The van der Waals surface area contributed by atoms with E-state index in [0.717, 1.165) is 5.69 Å². The van der Waals surface area contributed by atoms with Gasteiger partial charge in [0.2, 0.25) is 17.7 Å². The molecular formula is C19H22N4O3. The number of nitrogens with one attached hydrogen (secondary N) is 3. The average molecular weight is 354 g/mol. The number of anilines is 4. The van der Waals surface area contributed by atoms with Gasteiger partial charge in [0.25, 0.3) is 0 Å². The molecule has 0 saturated heterocycles. The molecule has 136 valence electrons. The van der Waals surface area contributed by atoms with E-state index in [0.29, 0.717) is 17.1 Å². The third-order valence-electron chi connectivity index (χ3n) is 3.46. The van der Waals surface area contributed by atoms with Crippen LogP contribution >= 0.6 is 0 Å². The maximum absolute atomic E-state index is 12.0. The van der Waals surface area contributed by atoms with Crippen LogP contribution in [0.3, 0.4) is 0 Å². The molecule has 7 heteroatoms. The van der Waals surface area contributed by atoms with Gasteiger partial charge in [0.15, 0.2) is 0 Å². The number of amides is 3. The molecule has 0 fully saturated rings. The van der Waals surface area contributed by atoms with E-state index in [1.54, 1.807) is 36.4 Å². The van der Waals surface area contributed by atoms with Gasteiger partial charge in [0.05, 0.1) is 0 Å². The first-order valence-electron chi connectivity index (χ1n) is 8.08. The van der Waals surface area contributed by atoms with Gasteiger partial charge in [-0.15, -0.1) is 0 Å². The SMILES string of the molecule is CC(=O)Nc1cccc(NC(=O)CC(=O)Nc2ccc(N(C)C)cc2)c1. The molecule has 0 radical (unpaired) electrons. The Morgan fingerprint density at radius 1 is 0.808 bits per heavy atom. The van der Waals surface area contributed by atoms with Crippen LogP contribution in [0.4, 0.5) is 22.7 Å². The van der Waals surface area contributed by atoms with Gasteiger partial charge in [-0.25, -0.2) is 0 Å². The molecule has 3 N–H and O–H groups in total. The van der Waals surface area contributed by atoms with Gasteiger partial charge in [-0.05, 0) is 42.5 Å². The standard InChI is InChI=1S/C19H22N4O3/c1-13(24)20-15-5-4-6-16(11-15)22-19(26)12-18(25)21-14-7-9-17(10-8-14)23(2)3/h4-11H,12H2,1-3H3,(H,20,24)(H,21,25)(H,22,26). The molecule has 0 aliphatic carbocycles. The van der Waals surface area contributed by atoms with E-state index in [2.05, 4.69) is 16.0 Å². The predicted molar refractivity (Wildman–Crippen MR) is 103 cm³/mol. The lowest BCUT2D eigenvalue weighted by Crippen LogP contribution is -2.21. The van der Waals surface area contributed by atoms with Crippen molar-refractivity contribution in [3.8, 4) is 0 Å². The van der Waals surface area contributed by atoms with E-state index in [1.807, 2.05) is 31.1 Å². The number of hydrogen-bond acceptors (Lipinski definition) is 4. The molecule has 0 aromatic heterocycles. The fourth-order valence-corrected chi connectivity index (χ4v) is 2.28. The van der Waals surface area contributed by atoms with Crippen LogP contribution in [0.2, 0.25) is 0 Å². The molecule has 3 amide bonds. The molecular weight excluding hydrogens is 332 g/mol. The third-order valence-corrected chi connectivity index (χ3v) is 3.46. The highest BCUT2D eigenvalue weighted by atomic mass is 16.2. The van der Waals surface area contributed by atoms with Crippen LogP contribution in [0.1, 0.15) is 13.3 Å². The zero-order valence-corrected chi connectivity index (χ0v) is 15.0. The summed E-state index contributed by atoms with van der Waals surface area (Å²) < 4.78 is 0. The van der Waals surface area contributed by atoms with E-state index in [4.69, 9.17) is 0 Å². The minimum absolute atomic E-state index is 0.201. The lowest BCUT2D eigenvalue weighted by molar-refractivity contribution is -0.123. The topological polar surface area (TPSA) is 90.5 Å². The fourth-order valence-electron chi connectivity index (χ4n) is 2.28. The number of carbonyl (C=O) groups excluding carboxylic acids is 3. The zero-order valence-electron chi connectivity index (χ0n) is 15.0. The Morgan fingerprint density at radius 2 is 1.35 bits per heavy atom. The Morgan fingerprint density at radius 3 is 1.88 bits per heavy atom. The second-order valence-electron chi connectivity index (χ2n) is 5.98. The molecule has 0 saturated carbocycles. The first-order chi connectivity index (χ1) is 12.3. The summed E-state index contributed by atoms with van der Waals surface area (Å²) in [7, 11) is 3.86. The summed E-state index contributed by atoms with van der Waals surface area (Å²) in [5.41, 5.74) is 2.71. The molecule has 0 heterocycles. The highest BCUT2D eigenvalue weighted by Crippen LogP contribution is 2.17. The first kappa shape index (κ1) is 19.0. The molecule has 0 aliphatic rings. The molecule has 26 heavy (non-hydrogen) atoms. The smallest absolute Gasteiger partial charge is 0.233 e. The highest BCUT2D eigenvalue weighted by Gasteiger charge is 2.10. The second-order valence-corrected chi connectivity index (χ2v) is 5.98. The van der Waals surface area contributed by atoms with Gasteiger partial charge in [-0.2, -0.15) is 0 Å². The van der Waals surface area contributed by atoms with Crippen LogP contribution in [-0.2, 0) is 14.4 Å². The molecule has 0 spiro atoms. The first-order valence-corrected chi connectivity index (χ1v) is 8.08. The van der Waals surface area contributed by atoms with Gasteiger partial charge in [-0.3, -0.25) is 14.4 Å². The predicted octanol–water partition coefficient (Wildman–Crippen LogP) is 2.68. The van der Waals surface area contributed by atoms with Gasteiger partial charge in [0, 0.05) is 43.8 Å². The minimum atomic E-state index is -0.438. The largest absolute Gasteiger partial charge is 0.378 e. The normalized spacial score (nSPS) is 9.96. The quantitative estimate of drug-likeness (QED) is 0.696. The van der Waals surface area contributed by atoms with Gasteiger partial charge in [-0.1, -0.05) is 6.07 Å². The van der Waals surface area contributed by atoms with Crippen molar-refractivity contribution in [3.63, 3.8) is 0 Å². The molecule has 0 atom stereocenters. The van der Waals surface area contributed by atoms with E-state index < -0.39 is 11.8 Å². The van der Waals surface area contributed by atoms with Crippen molar-refractivity contribution in [3.05, 3.63) is 48.5 Å². The summed E-state index contributed by atoms with van der Waals surface area (Å²) in [6.07, 6.45) is -0.306. The van der Waals surface area contributed by atoms with Crippen molar-refractivity contribution in [2.24, 2.45) is 0 Å². The molecule has 0 aliphatic heterocycles. The zero-order chi connectivity index (χ0) is 19.1. The van der Waals surface area contributed by atoms with E-state index in [-0.39, 0.29) is 12.3 Å². The summed E-state index contributed by atoms with van der Waals surface area (Å²) in [4.78, 5) is 37.1. The summed E-state index contributed by atoms with van der Waals surface area (Å²) in [6, 6.07) is 14.0. The molecule has 2 aromatic carbocycles. The third kappa shape index (κ3) is 5.94. The Bertz CT molecular complexity index is 801. The summed E-state index contributed by atoms with van der Waals surface area (Å²) >= 11 is 0. The monoisotopic (exact) mass is 354 g/mol. The van der Waals surface area contributed by atoms with Crippen molar-refractivity contribution in [2.45, 2.75) is 13.3 Å². The molecule has 2 rings (SSSR count). The minimum Gasteiger partial charge on any atom is -0.378 e. The van der Waals surface area contributed by atoms with Crippen LogP contribution in [0, 0.1) is 0 Å². The Hall–Kier alpha value is -3.35. The highest BCUT2D eigenvalue weighted by molar-refractivity contribution is 6.08. The van der Waals surface area contributed by atoms with Crippen molar-refractivity contribution in [1.82, 2.24) is 0 Å². The molecule has 0 bridgehead atoms. The van der Waals surface area contributed by atoms with E-state index in [1.165, 1.54) is 6.92 Å². The van der Waals surface area contributed by atoms with Gasteiger partial charge in [0.1, 0.15) is 6.42 Å². The van der Waals surface area contributed by atoms with Crippen LogP contribution < -0.4 is 20.9 Å². The van der Waals surface area contributed by atoms with E-state index in [9.17, 15) is 14.4 Å². The molecule has 7 nitrogen and oxygen atoms in total. The lowest BCUT2D eigenvalue weighted by Gasteiger charge is -2.13. The lowest BCUT2D eigenvalue weighted by atomic mass is 10.2. The maximum Gasteiger partial charge on any atom is 0.233 e. The Balaban J connectivity index is 1.89. The van der Waals surface area contributed by atoms with Gasteiger partial charge < -0.3 is 20.9 Å². The van der Waals surface area contributed by atoms with Crippen LogP contribution in [-0.4, -0.2) is 31.8 Å². The van der Waals surface area contributed by atoms with E-state index >= 15 is 0 Å². The number of rotatable bonds is 6.